The van der Waals surface area contributed by atoms with Crippen LogP contribution in [0.15, 0.2) is 42.5 Å². The second kappa shape index (κ2) is 8.77. The summed E-state index contributed by atoms with van der Waals surface area (Å²) in [4.78, 5) is 36.7. The number of anilines is 1. The van der Waals surface area contributed by atoms with E-state index in [-0.39, 0.29) is 6.54 Å². The molecule has 8 heteroatoms. The summed E-state index contributed by atoms with van der Waals surface area (Å²) in [6, 6.07) is 13.0. The van der Waals surface area contributed by atoms with E-state index in [4.69, 9.17) is 4.74 Å². The number of nitrogens with zero attached hydrogens (tertiary/aromatic N) is 2. The molecule has 0 aliphatic rings. The molecule has 0 radical (unpaired) electrons. The predicted molar refractivity (Wildman–Crippen MR) is 113 cm³/mol. The van der Waals surface area contributed by atoms with Crippen LogP contribution < -0.4 is 10.6 Å². The van der Waals surface area contributed by atoms with E-state index in [0.29, 0.717) is 16.9 Å². The molecule has 1 atom stereocenters. The van der Waals surface area contributed by atoms with E-state index in [2.05, 4.69) is 15.7 Å². The Hall–Kier alpha value is -3.68. The van der Waals surface area contributed by atoms with Crippen molar-refractivity contribution >= 4 is 34.2 Å². The number of hydrogen-bond donors (Lipinski definition) is 2. The summed E-state index contributed by atoms with van der Waals surface area (Å²) in [5, 5.41) is 11.4. The fourth-order valence-electron chi connectivity index (χ4n) is 3.06. The van der Waals surface area contributed by atoms with Gasteiger partial charge in [0, 0.05) is 12.6 Å². The van der Waals surface area contributed by atoms with Gasteiger partial charge in [-0.25, -0.2) is 0 Å². The Morgan fingerprint density at radius 1 is 1.10 bits per heavy atom. The molecule has 156 valence electrons. The average Bonchev–Trinajstić information content (AvgIpc) is 2.97. The number of ether oxygens (including phenoxy) is 1. The number of rotatable bonds is 6. The molecule has 0 aliphatic carbocycles. The molecule has 2 aromatic carbocycles. The molecule has 2 amide bonds. The quantitative estimate of drug-likeness (QED) is 0.610. The molecule has 0 saturated heterocycles. The van der Waals surface area contributed by atoms with Crippen LogP contribution in [0.1, 0.15) is 28.7 Å². The number of aryl methyl sites for hydroxylation is 2. The van der Waals surface area contributed by atoms with Crippen LogP contribution in [0.4, 0.5) is 5.69 Å². The average molecular weight is 408 g/mol. The Balaban J connectivity index is 1.52. The van der Waals surface area contributed by atoms with Crippen molar-refractivity contribution in [3.63, 3.8) is 0 Å². The first-order chi connectivity index (χ1) is 14.3. The number of aromatic nitrogens is 2. The van der Waals surface area contributed by atoms with Gasteiger partial charge in [-0.3, -0.25) is 19.1 Å². The second-order valence-corrected chi connectivity index (χ2v) is 7.04. The van der Waals surface area contributed by atoms with Gasteiger partial charge in [-0.1, -0.05) is 30.3 Å². The maximum atomic E-state index is 12.3. The molecule has 3 rings (SSSR count). The zero-order valence-corrected chi connectivity index (χ0v) is 17.4. The van der Waals surface area contributed by atoms with Crippen LogP contribution in [0.2, 0.25) is 0 Å². The first kappa shape index (κ1) is 21.0. The van der Waals surface area contributed by atoms with Crippen molar-refractivity contribution in [2.75, 3.05) is 11.9 Å². The largest absolute Gasteiger partial charge is 0.451 e. The lowest BCUT2D eigenvalue weighted by Crippen LogP contribution is -2.36. The van der Waals surface area contributed by atoms with Gasteiger partial charge in [0.1, 0.15) is 6.54 Å². The van der Waals surface area contributed by atoms with Gasteiger partial charge in [-0.2, -0.15) is 5.10 Å². The summed E-state index contributed by atoms with van der Waals surface area (Å²) < 4.78 is 6.79. The minimum Gasteiger partial charge on any atom is -0.451 e. The van der Waals surface area contributed by atoms with Gasteiger partial charge >= 0.3 is 5.97 Å². The van der Waals surface area contributed by atoms with Crippen LogP contribution in [0.25, 0.3) is 10.8 Å². The number of carbonyl (C=O) groups is 3. The highest BCUT2D eigenvalue weighted by molar-refractivity contribution is 6.00. The van der Waals surface area contributed by atoms with E-state index >= 15 is 0 Å². The van der Waals surface area contributed by atoms with Gasteiger partial charge in [0.25, 0.3) is 11.8 Å². The molecule has 0 aliphatic heterocycles. The lowest BCUT2D eigenvalue weighted by molar-refractivity contribution is -0.152. The van der Waals surface area contributed by atoms with Crippen LogP contribution in [0.5, 0.6) is 0 Å². The molecule has 0 fully saturated rings. The summed E-state index contributed by atoms with van der Waals surface area (Å²) in [6.45, 7) is 4.74. The van der Waals surface area contributed by atoms with E-state index in [1.54, 1.807) is 30.8 Å². The molecule has 0 bridgehead atoms. The summed E-state index contributed by atoms with van der Waals surface area (Å²) in [6.07, 6.45) is -1.02. The summed E-state index contributed by atoms with van der Waals surface area (Å²) >= 11 is 0. The Bertz CT molecular complexity index is 1120. The van der Waals surface area contributed by atoms with Gasteiger partial charge < -0.3 is 15.4 Å². The summed E-state index contributed by atoms with van der Waals surface area (Å²) in [5.74, 6) is -1.56. The van der Waals surface area contributed by atoms with Crippen molar-refractivity contribution in [1.82, 2.24) is 15.1 Å². The molecule has 1 heterocycles. The van der Waals surface area contributed by atoms with E-state index < -0.39 is 23.9 Å². The van der Waals surface area contributed by atoms with E-state index in [0.717, 1.165) is 16.5 Å². The highest BCUT2D eigenvalue weighted by Gasteiger charge is 2.21. The Morgan fingerprint density at radius 2 is 1.80 bits per heavy atom. The standard InChI is InChI=1S/C22H24N4O4/c1-13-20(14(2)26(4)25-13)24-21(28)15(3)30-19(27)12-23-22(29)18-10-9-16-7-5-6-8-17(16)11-18/h5-11,15H,12H2,1-4H3,(H,23,29)(H,24,28)/t15-/m1/s1. The molecule has 8 nitrogen and oxygen atoms in total. The van der Waals surface area contributed by atoms with Crippen LogP contribution in [-0.4, -0.2) is 40.2 Å². The third-order valence-corrected chi connectivity index (χ3v) is 4.84. The Labute approximate surface area is 174 Å². The van der Waals surface area contributed by atoms with Crippen LogP contribution in [-0.2, 0) is 21.4 Å². The minimum absolute atomic E-state index is 0.339. The maximum Gasteiger partial charge on any atom is 0.326 e. The molecule has 3 aromatic rings. The topological polar surface area (TPSA) is 102 Å². The van der Waals surface area contributed by atoms with Crippen molar-refractivity contribution in [3.05, 3.63) is 59.4 Å². The van der Waals surface area contributed by atoms with Crippen molar-refractivity contribution in [1.29, 1.82) is 0 Å². The number of amides is 2. The maximum absolute atomic E-state index is 12.3. The Morgan fingerprint density at radius 3 is 2.47 bits per heavy atom. The summed E-state index contributed by atoms with van der Waals surface area (Å²) in [5.41, 5.74) is 2.50. The molecule has 2 N–H and O–H groups in total. The fourth-order valence-corrected chi connectivity index (χ4v) is 3.06. The molecular formula is C22H24N4O4. The number of benzene rings is 2. The minimum atomic E-state index is -1.02. The highest BCUT2D eigenvalue weighted by atomic mass is 16.5. The third-order valence-electron chi connectivity index (χ3n) is 4.84. The van der Waals surface area contributed by atoms with E-state index in [9.17, 15) is 14.4 Å². The zero-order chi connectivity index (χ0) is 21.8. The van der Waals surface area contributed by atoms with Gasteiger partial charge in [-0.15, -0.1) is 0 Å². The van der Waals surface area contributed by atoms with Crippen molar-refractivity contribution in [2.24, 2.45) is 7.05 Å². The normalized spacial score (nSPS) is 11.7. The zero-order valence-electron chi connectivity index (χ0n) is 17.4. The number of fused-ring (bicyclic) bond motifs is 1. The van der Waals surface area contributed by atoms with Crippen LogP contribution in [0.3, 0.4) is 0 Å². The third kappa shape index (κ3) is 4.65. The number of nitrogens with one attached hydrogen (secondary N) is 2. The number of carbonyl (C=O) groups excluding carboxylic acids is 3. The monoisotopic (exact) mass is 408 g/mol. The Kier molecular flexibility index (Phi) is 6.15. The predicted octanol–water partition coefficient (Wildman–Crippen LogP) is 2.49. The SMILES string of the molecule is Cc1nn(C)c(C)c1NC(=O)[C@@H](C)OC(=O)CNC(=O)c1ccc2ccccc2c1. The molecule has 1 aromatic heterocycles. The van der Waals surface area contributed by atoms with Crippen molar-refractivity contribution in [3.8, 4) is 0 Å². The lowest BCUT2D eigenvalue weighted by Gasteiger charge is -2.14. The number of hydrogen-bond acceptors (Lipinski definition) is 5. The smallest absolute Gasteiger partial charge is 0.326 e. The first-order valence-corrected chi connectivity index (χ1v) is 9.54. The van der Waals surface area contributed by atoms with Crippen molar-refractivity contribution < 1.29 is 19.1 Å². The molecule has 0 unspecified atom stereocenters. The van der Waals surface area contributed by atoms with Gasteiger partial charge in [0.15, 0.2) is 6.10 Å². The van der Waals surface area contributed by atoms with Gasteiger partial charge in [-0.05, 0) is 43.7 Å². The molecular weight excluding hydrogens is 384 g/mol. The molecule has 30 heavy (non-hydrogen) atoms. The number of esters is 1. The van der Waals surface area contributed by atoms with Crippen LogP contribution in [0, 0.1) is 13.8 Å². The first-order valence-electron chi connectivity index (χ1n) is 9.54. The fraction of sp³-hybridized carbons (Fsp3) is 0.273. The lowest BCUT2D eigenvalue weighted by atomic mass is 10.1. The van der Waals surface area contributed by atoms with Gasteiger partial charge in [0.05, 0.1) is 17.1 Å². The molecule has 0 spiro atoms. The second-order valence-electron chi connectivity index (χ2n) is 7.04. The molecule has 0 saturated carbocycles. The van der Waals surface area contributed by atoms with Crippen molar-refractivity contribution in [2.45, 2.75) is 26.9 Å². The van der Waals surface area contributed by atoms with Crippen LogP contribution >= 0.6 is 0 Å². The highest BCUT2D eigenvalue weighted by Crippen LogP contribution is 2.19. The van der Waals surface area contributed by atoms with E-state index in [1.807, 2.05) is 37.3 Å². The van der Waals surface area contributed by atoms with E-state index in [1.165, 1.54) is 6.92 Å². The summed E-state index contributed by atoms with van der Waals surface area (Å²) in [7, 11) is 1.78. The van der Waals surface area contributed by atoms with Gasteiger partial charge in [0.2, 0.25) is 0 Å².